The van der Waals surface area contributed by atoms with Gasteiger partial charge in [-0.3, -0.25) is 0 Å². The Morgan fingerprint density at radius 3 is 2.42 bits per heavy atom. The molecule has 0 bridgehead atoms. The summed E-state index contributed by atoms with van der Waals surface area (Å²) in [5, 5.41) is 17.6. The van der Waals surface area contributed by atoms with Gasteiger partial charge < -0.3 is 10.2 Å². The minimum atomic E-state index is -1.19. The van der Waals surface area contributed by atoms with Crippen molar-refractivity contribution >= 4 is 36.4 Å². The standard InChI is InChI=1S/C7H5ClO3.Li/c8-5-3-1-2-4(6(5)9)7(10)11;/h1-3,9H,(H,10,11);. The number of hydrogen-bond donors (Lipinski definition) is 2. The van der Waals surface area contributed by atoms with Crippen molar-refractivity contribution in [1.82, 2.24) is 0 Å². The molecule has 1 aromatic rings. The van der Waals surface area contributed by atoms with Crippen LogP contribution in [0.25, 0.3) is 0 Å². The molecule has 59 valence electrons. The summed E-state index contributed by atoms with van der Waals surface area (Å²) in [6, 6.07) is 4.17. The van der Waals surface area contributed by atoms with Gasteiger partial charge in [0.05, 0.1) is 5.02 Å². The second kappa shape index (κ2) is 4.41. The summed E-state index contributed by atoms with van der Waals surface area (Å²) in [6.45, 7) is 0. The number of para-hydroxylation sites is 1. The molecule has 0 saturated heterocycles. The maximum Gasteiger partial charge on any atom is 0.339 e. The Morgan fingerprint density at radius 2 is 2.00 bits per heavy atom. The van der Waals surface area contributed by atoms with E-state index in [4.69, 9.17) is 21.8 Å². The van der Waals surface area contributed by atoms with Crippen LogP contribution >= 0.6 is 11.6 Å². The number of phenols is 1. The van der Waals surface area contributed by atoms with E-state index in [0.717, 1.165) is 0 Å². The first-order valence-corrected chi connectivity index (χ1v) is 3.21. The van der Waals surface area contributed by atoms with Gasteiger partial charge in [-0.1, -0.05) is 17.7 Å². The van der Waals surface area contributed by atoms with Gasteiger partial charge in [0.2, 0.25) is 0 Å². The maximum absolute atomic E-state index is 10.4. The Bertz CT molecular complexity index is 301. The van der Waals surface area contributed by atoms with Gasteiger partial charge in [-0.05, 0) is 12.1 Å². The Labute approximate surface area is 86.1 Å². The monoisotopic (exact) mass is 179 g/mol. The zero-order chi connectivity index (χ0) is 8.43. The molecule has 0 aliphatic heterocycles. The second-order valence-electron chi connectivity index (χ2n) is 1.94. The number of aromatic carboxylic acids is 1. The van der Waals surface area contributed by atoms with E-state index in [-0.39, 0.29) is 35.2 Å². The first kappa shape index (κ1) is 11.4. The summed E-state index contributed by atoms with van der Waals surface area (Å²) in [7, 11) is 0. The Kier molecular flexibility index (Phi) is 4.19. The van der Waals surface area contributed by atoms with Crippen LogP contribution in [0.15, 0.2) is 18.2 Å². The minimum Gasteiger partial charge on any atom is -0.505 e. The molecule has 0 aliphatic carbocycles. The van der Waals surface area contributed by atoms with Gasteiger partial charge in [0.15, 0.2) is 0 Å². The zero-order valence-electron chi connectivity index (χ0n) is 6.41. The van der Waals surface area contributed by atoms with E-state index in [0.29, 0.717) is 0 Å². The third kappa shape index (κ3) is 2.18. The van der Waals surface area contributed by atoms with Crippen LogP contribution in [0.4, 0.5) is 0 Å². The first-order chi connectivity index (χ1) is 5.13. The number of carbonyl (C=O) groups is 1. The Balaban J connectivity index is 0.00000121. The van der Waals surface area contributed by atoms with Crippen LogP contribution in [0.3, 0.4) is 0 Å². The summed E-state index contributed by atoms with van der Waals surface area (Å²) < 4.78 is 0. The number of rotatable bonds is 1. The van der Waals surface area contributed by atoms with Crippen molar-refractivity contribution < 1.29 is 15.0 Å². The first-order valence-electron chi connectivity index (χ1n) is 2.83. The summed E-state index contributed by atoms with van der Waals surface area (Å²) >= 11 is 5.44. The van der Waals surface area contributed by atoms with Crippen molar-refractivity contribution in [1.29, 1.82) is 0 Å². The molecule has 1 radical (unpaired) electrons. The number of hydrogen-bond acceptors (Lipinski definition) is 2. The molecular formula is C7H5ClLiO3. The molecule has 1 aromatic carbocycles. The van der Waals surface area contributed by atoms with Crippen LogP contribution in [0.2, 0.25) is 5.02 Å². The van der Waals surface area contributed by atoms with Gasteiger partial charge in [-0.25, -0.2) is 4.79 Å². The molecule has 12 heavy (non-hydrogen) atoms. The zero-order valence-corrected chi connectivity index (χ0v) is 7.17. The summed E-state index contributed by atoms with van der Waals surface area (Å²) in [4.78, 5) is 10.4. The van der Waals surface area contributed by atoms with Gasteiger partial charge in [0.1, 0.15) is 11.3 Å². The van der Waals surface area contributed by atoms with E-state index in [1.807, 2.05) is 0 Å². The smallest absolute Gasteiger partial charge is 0.339 e. The Morgan fingerprint density at radius 1 is 1.42 bits per heavy atom. The fourth-order valence-corrected chi connectivity index (χ4v) is 0.862. The quantitative estimate of drug-likeness (QED) is 0.640. The van der Waals surface area contributed by atoms with Crippen LogP contribution in [-0.2, 0) is 0 Å². The molecule has 0 amide bonds. The normalized spacial score (nSPS) is 8.75. The van der Waals surface area contributed by atoms with Crippen molar-refractivity contribution in [2.45, 2.75) is 0 Å². The number of halogens is 1. The number of benzene rings is 1. The number of carboxylic acids is 1. The maximum atomic E-state index is 10.4. The van der Waals surface area contributed by atoms with E-state index < -0.39 is 5.97 Å². The van der Waals surface area contributed by atoms with Crippen molar-refractivity contribution in [3.63, 3.8) is 0 Å². The third-order valence-electron chi connectivity index (χ3n) is 1.22. The topological polar surface area (TPSA) is 57.5 Å². The average molecular weight is 180 g/mol. The molecule has 3 nitrogen and oxygen atoms in total. The van der Waals surface area contributed by atoms with Gasteiger partial charge in [-0.2, -0.15) is 0 Å². The fourth-order valence-electron chi connectivity index (χ4n) is 0.688. The SMILES string of the molecule is O=C(O)c1cccc(Cl)c1O.[Li]. The molecule has 1 rings (SSSR count). The summed E-state index contributed by atoms with van der Waals surface area (Å²) in [5.74, 6) is -1.58. The summed E-state index contributed by atoms with van der Waals surface area (Å²) in [5.41, 5.74) is -0.183. The van der Waals surface area contributed by atoms with Crippen molar-refractivity contribution in [3.05, 3.63) is 28.8 Å². The fraction of sp³-hybridized carbons (Fsp3) is 0. The number of carboxylic acid groups (broad SMARTS) is 1. The number of aromatic hydroxyl groups is 1. The van der Waals surface area contributed by atoms with Crippen LogP contribution in [-0.4, -0.2) is 35.0 Å². The molecule has 5 heteroatoms. The van der Waals surface area contributed by atoms with Gasteiger partial charge in [-0.15, -0.1) is 0 Å². The molecule has 0 unspecified atom stereocenters. The van der Waals surface area contributed by atoms with Crippen LogP contribution in [0.5, 0.6) is 5.75 Å². The molecule has 0 atom stereocenters. The van der Waals surface area contributed by atoms with Crippen LogP contribution in [0.1, 0.15) is 10.4 Å². The van der Waals surface area contributed by atoms with E-state index in [9.17, 15) is 4.79 Å². The molecule has 0 aliphatic rings. The molecule has 0 saturated carbocycles. The van der Waals surface area contributed by atoms with Gasteiger partial charge in [0, 0.05) is 18.9 Å². The third-order valence-corrected chi connectivity index (χ3v) is 1.52. The molecule has 0 spiro atoms. The molecule has 0 heterocycles. The van der Waals surface area contributed by atoms with Crippen molar-refractivity contribution in [2.24, 2.45) is 0 Å². The largest absolute Gasteiger partial charge is 0.505 e. The minimum absolute atomic E-state index is 0. The molecule has 0 aromatic heterocycles. The van der Waals surface area contributed by atoms with Gasteiger partial charge in [0.25, 0.3) is 0 Å². The van der Waals surface area contributed by atoms with Crippen LogP contribution in [0, 0.1) is 0 Å². The Hall–Kier alpha value is -0.623. The molecular weight excluding hydrogens is 174 g/mol. The van der Waals surface area contributed by atoms with Crippen LogP contribution < -0.4 is 0 Å². The predicted octanol–water partition coefficient (Wildman–Crippen LogP) is 1.36. The van der Waals surface area contributed by atoms with Crippen molar-refractivity contribution in [2.75, 3.05) is 0 Å². The van der Waals surface area contributed by atoms with E-state index in [2.05, 4.69) is 0 Å². The molecule has 2 N–H and O–H groups in total. The average Bonchev–Trinajstić information content (AvgIpc) is 1.94. The predicted molar refractivity (Wildman–Crippen MR) is 45.8 cm³/mol. The van der Waals surface area contributed by atoms with E-state index in [1.165, 1.54) is 18.2 Å². The van der Waals surface area contributed by atoms with E-state index in [1.54, 1.807) is 0 Å². The molecule has 0 fully saturated rings. The van der Waals surface area contributed by atoms with E-state index >= 15 is 0 Å². The second-order valence-corrected chi connectivity index (χ2v) is 2.35. The van der Waals surface area contributed by atoms with Crippen molar-refractivity contribution in [3.8, 4) is 5.75 Å². The van der Waals surface area contributed by atoms with Gasteiger partial charge >= 0.3 is 5.97 Å². The summed E-state index contributed by atoms with van der Waals surface area (Å²) in [6.07, 6.45) is 0.